The molecule has 0 bridgehead atoms. The molecule has 4 heteroatoms. The Morgan fingerprint density at radius 2 is 1.56 bits per heavy atom. The van der Waals surface area contributed by atoms with Gasteiger partial charge in [-0.2, -0.15) is 0 Å². The summed E-state index contributed by atoms with van der Waals surface area (Å²) in [7, 11) is 0. The molecule has 1 aromatic heterocycles. The minimum Gasteiger partial charge on any atom is -0.450 e. The Morgan fingerprint density at radius 1 is 0.875 bits per heavy atom. The lowest BCUT2D eigenvalue weighted by atomic mass is 9.95. The van der Waals surface area contributed by atoms with Crippen molar-refractivity contribution in [3.63, 3.8) is 0 Å². The minimum absolute atomic E-state index is 0.129. The molecule has 1 amide bonds. The van der Waals surface area contributed by atoms with Crippen LogP contribution < -0.4 is 5.43 Å². The van der Waals surface area contributed by atoms with E-state index in [1.54, 1.807) is 17.0 Å². The summed E-state index contributed by atoms with van der Waals surface area (Å²) in [5.41, 5.74) is 4.06. The van der Waals surface area contributed by atoms with Crippen molar-refractivity contribution in [1.82, 2.24) is 4.90 Å². The number of hydrogen-bond donors (Lipinski definition) is 0. The number of amides is 1. The average molecular weight is 424 g/mol. The third kappa shape index (κ3) is 3.42. The lowest BCUT2D eigenvalue weighted by molar-refractivity contribution is 0.0730. The van der Waals surface area contributed by atoms with Crippen molar-refractivity contribution >= 4 is 16.9 Å². The first-order valence-corrected chi connectivity index (χ1v) is 11.0. The van der Waals surface area contributed by atoms with Gasteiger partial charge in [-0.3, -0.25) is 9.59 Å². The molecule has 1 atom stereocenters. The predicted octanol–water partition coefficient (Wildman–Crippen LogP) is 5.70. The van der Waals surface area contributed by atoms with Crippen LogP contribution in [0.2, 0.25) is 0 Å². The second-order valence-corrected chi connectivity index (χ2v) is 8.63. The quantitative estimate of drug-likeness (QED) is 0.413. The Kier molecular flexibility index (Phi) is 5.14. The fraction of sp³-hybridized carbons (Fsp3) is 0.214. The van der Waals surface area contributed by atoms with Crippen molar-refractivity contribution in [3.05, 3.63) is 117 Å². The van der Waals surface area contributed by atoms with E-state index in [1.165, 1.54) is 5.56 Å². The molecule has 160 valence electrons. The number of fused-ring (bicyclic) bond motifs is 2. The largest absolute Gasteiger partial charge is 0.450 e. The molecule has 0 aliphatic carbocycles. The zero-order valence-corrected chi connectivity index (χ0v) is 18.2. The average Bonchev–Trinajstić information content (AvgIpc) is 3.10. The summed E-state index contributed by atoms with van der Waals surface area (Å²) in [5, 5.41) is 0.507. The molecular formula is C28H25NO3. The van der Waals surface area contributed by atoms with E-state index < -0.39 is 6.04 Å². The van der Waals surface area contributed by atoms with Crippen LogP contribution in [0.25, 0.3) is 11.0 Å². The normalized spacial score (nSPS) is 15.5. The highest BCUT2D eigenvalue weighted by Crippen LogP contribution is 2.38. The molecule has 0 radical (unpaired) electrons. The van der Waals surface area contributed by atoms with E-state index in [0.717, 1.165) is 11.1 Å². The molecule has 1 unspecified atom stereocenters. The van der Waals surface area contributed by atoms with Crippen molar-refractivity contribution in [2.24, 2.45) is 0 Å². The van der Waals surface area contributed by atoms with Crippen molar-refractivity contribution in [3.8, 4) is 0 Å². The van der Waals surface area contributed by atoms with Crippen LogP contribution in [0, 0.1) is 0 Å². The van der Waals surface area contributed by atoms with Crippen molar-refractivity contribution in [2.75, 3.05) is 6.54 Å². The van der Waals surface area contributed by atoms with Gasteiger partial charge in [0.1, 0.15) is 5.58 Å². The molecule has 0 fully saturated rings. The number of carbonyl (C=O) groups is 1. The first kappa shape index (κ1) is 20.3. The first-order valence-electron chi connectivity index (χ1n) is 11.0. The topological polar surface area (TPSA) is 50.5 Å². The highest BCUT2D eigenvalue weighted by molar-refractivity contribution is 5.99. The molecule has 1 aliphatic rings. The second-order valence-electron chi connectivity index (χ2n) is 8.63. The first-order chi connectivity index (χ1) is 15.5. The van der Waals surface area contributed by atoms with Gasteiger partial charge >= 0.3 is 0 Å². The van der Waals surface area contributed by atoms with Crippen molar-refractivity contribution in [2.45, 2.75) is 32.2 Å². The highest BCUT2D eigenvalue weighted by Gasteiger charge is 2.42. The van der Waals surface area contributed by atoms with Crippen LogP contribution in [0.15, 0.2) is 88.1 Å². The number of carbonyl (C=O) groups excluding carboxylic acids is 1. The molecule has 1 aliphatic heterocycles. The van der Waals surface area contributed by atoms with E-state index in [4.69, 9.17) is 4.42 Å². The Hall–Kier alpha value is -3.66. The molecule has 4 aromatic rings. The molecule has 32 heavy (non-hydrogen) atoms. The van der Waals surface area contributed by atoms with Gasteiger partial charge in [0.2, 0.25) is 5.76 Å². The van der Waals surface area contributed by atoms with E-state index in [2.05, 4.69) is 38.1 Å². The van der Waals surface area contributed by atoms with Gasteiger partial charge in [-0.15, -0.1) is 0 Å². The summed E-state index contributed by atoms with van der Waals surface area (Å²) in [6.07, 6.45) is 0.703. The maximum Gasteiger partial charge on any atom is 0.290 e. The van der Waals surface area contributed by atoms with Gasteiger partial charge in [-0.05, 0) is 41.2 Å². The fourth-order valence-electron chi connectivity index (χ4n) is 4.50. The van der Waals surface area contributed by atoms with Gasteiger partial charge in [0.05, 0.1) is 17.0 Å². The Balaban J connectivity index is 1.63. The third-order valence-electron chi connectivity index (χ3n) is 6.28. The number of rotatable bonds is 5. The van der Waals surface area contributed by atoms with Crippen molar-refractivity contribution < 1.29 is 9.21 Å². The standard InChI is InChI=1S/C28H25NO3/c1-18(2)20-12-14-21(15-13-20)25-24-26(30)22-10-6-7-11-23(22)32-27(24)28(31)29(25)17-16-19-8-4-3-5-9-19/h3-15,18,25H,16-17H2,1-2H3. The summed E-state index contributed by atoms with van der Waals surface area (Å²) in [5.74, 6) is 0.348. The summed E-state index contributed by atoms with van der Waals surface area (Å²) in [6.45, 7) is 4.80. The summed E-state index contributed by atoms with van der Waals surface area (Å²) < 4.78 is 6.00. The molecule has 0 spiro atoms. The smallest absolute Gasteiger partial charge is 0.290 e. The SMILES string of the molecule is CC(C)c1ccc(C2c3c(oc4ccccc4c3=O)C(=O)N2CCc2ccccc2)cc1. The van der Waals surface area contributed by atoms with Gasteiger partial charge in [-0.25, -0.2) is 0 Å². The number of benzene rings is 3. The van der Waals surface area contributed by atoms with E-state index in [0.29, 0.717) is 35.4 Å². The molecule has 5 rings (SSSR count). The van der Waals surface area contributed by atoms with Crippen LogP contribution in [0.5, 0.6) is 0 Å². The fourth-order valence-corrected chi connectivity index (χ4v) is 4.50. The van der Waals surface area contributed by atoms with Crippen LogP contribution in [-0.2, 0) is 6.42 Å². The van der Waals surface area contributed by atoms with Crippen LogP contribution in [0.1, 0.15) is 58.6 Å². The van der Waals surface area contributed by atoms with E-state index in [9.17, 15) is 9.59 Å². The van der Waals surface area contributed by atoms with Gasteiger partial charge in [0.25, 0.3) is 5.91 Å². The summed E-state index contributed by atoms with van der Waals surface area (Å²) in [6, 6.07) is 25.0. The van der Waals surface area contributed by atoms with E-state index in [1.807, 2.05) is 42.5 Å². The zero-order chi connectivity index (χ0) is 22.2. The molecule has 3 aromatic carbocycles. The lowest BCUT2D eigenvalue weighted by Gasteiger charge is -2.25. The summed E-state index contributed by atoms with van der Waals surface area (Å²) in [4.78, 5) is 28.8. The highest BCUT2D eigenvalue weighted by atomic mass is 16.3. The van der Waals surface area contributed by atoms with Crippen LogP contribution >= 0.6 is 0 Å². The van der Waals surface area contributed by atoms with Crippen molar-refractivity contribution in [1.29, 1.82) is 0 Å². The Labute approximate surface area is 187 Å². The molecule has 0 saturated carbocycles. The van der Waals surface area contributed by atoms with Gasteiger partial charge < -0.3 is 9.32 Å². The Morgan fingerprint density at radius 3 is 2.28 bits per heavy atom. The number of nitrogens with zero attached hydrogens (tertiary/aromatic N) is 1. The Bertz CT molecular complexity index is 1340. The maximum absolute atomic E-state index is 13.5. The number of hydrogen-bond acceptors (Lipinski definition) is 3. The van der Waals surface area contributed by atoms with Crippen LogP contribution in [-0.4, -0.2) is 17.4 Å². The van der Waals surface area contributed by atoms with Gasteiger partial charge in [0, 0.05) is 6.54 Å². The minimum atomic E-state index is -0.455. The van der Waals surface area contributed by atoms with Crippen LogP contribution in [0.4, 0.5) is 0 Å². The molecule has 0 saturated heterocycles. The molecule has 0 N–H and O–H groups in total. The lowest BCUT2D eigenvalue weighted by Crippen LogP contribution is -2.31. The van der Waals surface area contributed by atoms with E-state index in [-0.39, 0.29) is 17.1 Å². The predicted molar refractivity (Wildman–Crippen MR) is 126 cm³/mol. The monoisotopic (exact) mass is 423 g/mol. The molecule has 2 heterocycles. The van der Waals surface area contributed by atoms with Gasteiger partial charge in [0.15, 0.2) is 5.43 Å². The number of para-hydroxylation sites is 1. The van der Waals surface area contributed by atoms with Crippen LogP contribution in [0.3, 0.4) is 0 Å². The molecule has 4 nitrogen and oxygen atoms in total. The second kappa shape index (κ2) is 8.12. The van der Waals surface area contributed by atoms with E-state index >= 15 is 0 Å². The maximum atomic E-state index is 13.5. The zero-order valence-electron chi connectivity index (χ0n) is 18.2. The molecular weight excluding hydrogens is 398 g/mol. The van der Waals surface area contributed by atoms with Gasteiger partial charge in [-0.1, -0.05) is 80.6 Å². The summed E-state index contributed by atoms with van der Waals surface area (Å²) >= 11 is 0. The third-order valence-corrected chi connectivity index (χ3v) is 6.28.